The van der Waals surface area contributed by atoms with Crippen molar-refractivity contribution in [3.8, 4) is 5.75 Å². The van der Waals surface area contributed by atoms with Gasteiger partial charge in [-0.15, -0.1) is 0 Å². The molecule has 0 N–H and O–H groups in total. The second-order valence-corrected chi connectivity index (χ2v) is 5.96. The Morgan fingerprint density at radius 2 is 1.78 bits per heavy atom. The number of ether oxygens (including phenoxy) is 2. The molecular weight excluding hydrogens is 352 g/mol. The van der Waals surface area contributed by atoms with Gasteiger partial charge in [-0.3, -0.25) is 9.59 Å². The number of furan rings is 1. The maximum atomic E-state index is 12.3. The van der Waals surface area contributed by atoms with Gasteiger partial charge in [0.05, 0.1) is 18.9 Å². The van der Waals surface area contributed by atoms with E-state index < -0.39 is 5.97 Å². The van der Waals surface area contributed by atoms with Gasteiger partial charge in [0.1, 0.15) is 5.75 Å². The SMILES string of the molecule is COc1cccc(C(=O)OCC(=O)N2CCN(C(=O)c3ccco3)CC2)c1. The van der Waals surface area contributed by atoms with E-state index in [1.54, 1.807) is 46.2 Å². The molecule has 27 heavy (non-hydrogen) atoms. The smallest absolute Gasteiger partial charge is 0.338 e. The summed E-state index contributed by atoms with van der Waals surface area (Å²) in [5, 5.41) is 0. The van der Waals surface area contributed by atoms with Crippen molar-refractivity contribution in [2.24, 2.45) is 0 Å². The molecular formula is C19H20N2O6. The van der Waals surface area contributed by atoms with Crippen molar-refractivity contribution < 1.29 is 28.3 Å². The van der Waals surface area contributed by atoms with E-state index in [0.29, 0.717) is 37.5 Å². The summed E-state index contributed by atoms with van der Waals surface area (Å²) in [6.45, 7) is 1.20. The molecule has 1 aliphatic rings. The molecule has 0 radical (unpaired) electrons. The monoisotopic (exact) mass is 372 g/mol. The van der Waals surface area contributed by atoms with Crippen molar-refractivity contribution in [2.45, 2.75) is 0 Å². The summed E-state index contributed by atoms with van der Waals surface area (Å²) >= 11 is 0. The summed E-state index contributed by atoms with van der Waals surface area (Å²) in [6.07, 6.45) is 1.45. The molecule has 2 heterocycles. The van der Waals surface area contributed by atoms with Gasteiger partial charge < -0.3 is 23.7 Å². The number of carbonyl (C=O) groups is 3. The number of hydrogen-bond donors (Lipinski definition) is 0. The van der Waals surface area contributed by atoms with E-state index in [4.69, 9.17) is 13.9 Å². The molecule has 1 aromatic heterocycles. The Morgan fingerprint density at radius 1 is 1.04 bits per heavy atom. The van der Waals surface area contributed by atoms with Gasteiger partial charge in [0, 0.05) is 26.2 Å². The van der Waals surface area contributed by atoms with Crippen LogP contribution in [0.25, 0.3) is 0 Å². The van der Waals surface area contributed by atoms with Crippen molar-refractivity contribution >= 4 is 17.8 Å². The Morgan fingerprint density at radius 3 is 2.44 bits per heavy atom. The highest BCUT2D eigenvalue weighted by atomic mass is 16.5. The number of rotatable bonds is 5. The van der Waals surface area contributed by atoms with Crippen LogP contribution in [0.1, 0.15) is 20.9 Å². The molecule has 0 unspecified atom stereocenters. The Hall–Kier alpha value is -3.29. The van der Waals surface area contributed by atoms with Crippen LogP contribution in [0.4, 0.5) is 0 Å². The predicted octanol–water partition coefficient (Wildman–Crippen LogP) is 1.43. The number of amides is 2. The molecule has 1 saturated heterocycles. The highest BCUT2D eigenvalue weighted by Gasteiger charge is 2.26. The van der Waals surface area contributed by atoms with Crippen LogP contribution in [0.3, 0.4) is 0 Å². The van der Waals surface area contributed by atoms with E-state index in [-0.39, 0.29) is 24.2 Å². The standard InChI is InChI=1S/C19H20N2O6/c1-25-15-5-2-4-14(12-15)19(24)27-13-17(22)20-7-9-21(10-8-20)18(23)16-6-3-11-26-16/h2-6,11-12H,7-10,13H2,1H3. The summed E-state index contributed by atoms with van der Waals surface area (Å²) in [4.78, 5) is 39.7. The van der Waals surface area contributed by atoms with Crippen LogP contribution in [-0.4, -0.2) is 67.5 Å². The zero-order valence-electron chi connectivity index (χ0n) is 14.9. The van der Waals surface area contributed by atoms with Gasteiger partial charge in [0.15, 0.2) is 12.4 Å². The van der Waals surface area contributed by atoms with Gasteiger partial charge in [-0.2, -0.15) is 0 Å². The maximum Gasteiger partial charge on any atom is 0.338 e. The fourth-order valence-corrected chi connectivity index (χ4v) is 2.77. The zero-order valence-corrected chi connectivity index (χ0v) is 14.9. The average Bonchev–Trinajstić information content (AvgIpc) is 3.26. The first-order chi connectivity index (χ1) is 13.1. The quantitative estimate of drug-likeness (QED) is 0.738. The lowest BCUT2D eigenvalue weighted by Gasteiger charge is -2.34. The molecule has 8 nitrogen and oxygen atoms in total. The minimum atomic E-state index is -0.589. The van der Waals surface area contributed by atoms with Gasteiger partial charge in [0.2, 0.25) is 0 Å². The molecule has 3 rings (SSSR count). The van der Waals surface area contributed by atoms with Crippen LogP contribution >= 0.6 is 0 Å². The normalized spacial score (nSPS) is 14.0. The van der Waals surface area contributed by atoms with Crippen molar-refractivity contribution in [2.75, 3.05) is 39.9 Å². The van der Waals surface area contributed by atoms with E-state index in [1.807, 2.05) is 0 Å². The van der Waals surface area contributed by atoms with Crippen LogP contribution in [0, 0.1) is 0 Å². The first-order valence-electron chi connectivity index (χ1n) is 8.50. The minimum absolute atomic E-state index is 0.198. The number of benzene rings is 1. The summed E-state index contributed by atoms with van der Waals surface area (Å²) in [7, 11) is 1.50. The first-order valence-corrected chi connectivity index (χ1v) is 8.50. The van der Waals surface area contributed by atoms with E-state index >= 15 is 0 Å². The molecule has 1 aromatic carbocycles. The van der Waals surface area contributed by atoms with Crippen LogP contribution in [-0.2, 0) is 9.53 Å². The topological polar surface area (TPSA) is 89.3 Å². The van der Waals surface area contributed by atoms with Crippen molar-refractivity contribution in [1.29, 1.82) is 0 Å². The molecule has 1 fully saturated rings. The van der Waals surface area contributed by atoms with Gasteiger partial charge in [-0.05, 0) is 30.3 Å². The molecule has 0 spiro atoms. The van der Waals surface area contributed by atoms with Crippen LogP contribution in [0.2, 0.25) is 0 Å². The molecule has 8 heteroatoms. The highest BCUT2D eigenvalue weighted by Crippen LogP contribution is 2.14. The molecule has 2 amide bonds. The molecule has 0 atom stereocenters. The second kappa shape index (κ2) is 8.39. The fraction of sp³-hybridized carbons (Fsp3) is 0.316. The Labute approximate surface area is 156 Å². The van der Waals surface area contributed by atoms with Crippen molar-refractivity contribution in [3.05, 3.63) is 54.0 Å². The number of carbonyl (C=O) groups excluding carboxylic acids is 3. The predicted molar refractivity (Wildman–Crippen MR) is 94.5 cm³/mol. The highest BCUT2D eigenvalue weighted by molar-refractivity contribution is 5.92. The van der Waals surface area contributed by atoms with Crippen molar-refractivity contribution in [3.63, 3.8) is 0 Å². The third kappa shape index (κ3) is 4.46. The largest absolute Gasteiger partial charge is 0.497 e. The van der Waals surface area contributed by atoms with E-state index in [1.165, 1.54) is 13.4 Å². The van der Waals surface area contributed by atoms with E-state index in [2.05, 4.69) is 0 Å². The van der Waals surface area contributed by atoms with Crippen LogP contribution in [0.15, 0.2) is 47.1 Å². The Kier molecular flexibility index (Phi) is 5.75. The number of methoxy groups -OCH3 is 1. The third-order valence-electron chi connectivity index (χ3n) is 4.28. The molecule has 142 valence electrons. The summed E-state index contributed by atoms with van der Waals surface area (Å²) in [6, 6.07) is 9.79. The molecule has 2 aromatic rings. The van der Waals surface area contributed by atoms with Gasteiger partial charge in [-0.1, -0.05) is 6.07 Å². The average molecular weight is 372 g/mol. The van der Waals surface area contributed by atoms with Gasteiger partial charge >= 0.3 is 5.97 Å². The molecule has 1 aliphatic heterocycles. The third-order valence-corrected chi connectivity index (χ3v) is 4.28. The van der Waals surface area contributed by atoms with Crippen molar-refractivity contribution in [1.82, 2.24) is 9.80 Å². The molecule has 0 bridgehead atoms. The lowest BCUT2D eigenvalue weighted by Crippen LogP contribution is -2.51. The Balaban J connectivity index is 1.46. The summed E-state index contributed by atoms with van der Waals surface area (Å²) < 4.78 is 15.3. The lowest BCUT2D eigenvalue weighted by molar-refractivity contribution is -0.136. The zero-order chi connectivity index (χ0) is 19.2. The first kappa shape index (κ1) is 18.5. The minimum Gasteiger partial charge on any atom is -0.497 e. The van der Waals surface area contributed by atoms with Crippen LogP contribution < -0.4 is 4.74 Å². The number of piperazine rings is 1. The fourth-order valence-electron chi connectivity index (χ4n) is 2.77. The number of esters is 1. The second-order valence-electron chi connectivity index (χ2n) is 5.96. The number of hydrogen-bond acceptors (Lipinski definition) is 6. The summed E-state index contributed by atoms with van der Waals surface area (Å²) in [5.41, 5.74) is 0.316. The maximum absolute atomic E-state index is 12.3. The van der Waals surface area contributed by atoms with Crippen LogP contribution in [0.5, 0.6) is 5.75 Å². The van der Waals surface area contributed by atoms with E-state index in [9.17, 15) is 14.4 Å². The molecule has 0 saturated carbocycles. The number of nitrogens with zero attached hydrogens (tertiary/aromatic N) is 2. The van der Waals surface area contributed by atoms with Gasteiger partial charge in [-0.25, -0.2) is 4.79 Å². The van der Waals surface area contributed by atoms with Gasteiger partial charge in [0.25, 0.3) is 11.8 Å². The lowest BCUT2D eigenvalue weighted by atomic mass is 10.2. The molecule has 0 aliphatic carbocycles. The van der Waals surface area contributed by atoms with E-state index in [0.717, 1.165) is 0 Å². The Bertz CT molecular complexity index is 809. The summed E-state index contributed by atoms with van der Waals surface area (Å²) in [5.74, 6) is -0.267.